The molecule has 0 amide bonds. The van der Waals surface area contributed by atoms with E-state index in [4.69, 9.17) is 4.74 Å². The summed E-state index contributed by atoms with van der Waals surface area (Å²) in [7, 11) is 0. The Morgan fingerprint density at radius 2 is 1.89 bits per heavy atom. The van der Waals surface area contributed by atoms with Gasteiger partial charge in [0.25, 0.3) is 0 Å². The van der Waals surface area contributed by atoms with E-state index in [-0.39, 0.29) is 0 Å². The highest BCUT2D eigenvalue weighted by molar-refractivity contribution is 4.87. The van der Waals surface area contributed by atoms with Crippen molar-refractivity contribution in [1.29, 1.82) is 0 Å². The van der Waals surface area contributed by atoms with Gasteiger partial charge in [0.05, 0.1) is 12.7 Å². The van der Waals surface area contributed by atoms with Gasteiger partial charge in [-0.05, 0) is 31.8 Å². The second kappa shape index (κ2) is 9.73. The smallest absolute Gasteiger partial charge is 0.0857 e. The van der Waals surface area contributed by atoms with E-state index in [1.54, 1.807) is 0 Å². The van der Waals surface area contributed by atoms with Crippen molar-refractivity contribution in [3.8, 4) is 0 Å². The zero-order chi connectivity index (χ0) is 14.1. The van der Waals surface area contributed by atoms with Crippen LogP contribution in [0.25, 0.3) is 0 Å². The van der Waals surface area contributed by atoms with Crippen molar-refractivity contribution in [3.05, 3.63) is 0 Å². The Bertz CT molecular complexity index is 217. The SMILES string of the molecule is CCCNC(C(CC)CC)C1CN(CCC)CCO1. The van der Waals surface area contributed by atoms with Crippen LogP contribution in [0.1, 0.15) is 53.4 Å². The third kappa shape index (κ3) is 5.41. The van der Waals surface area contributed by atoms with Crippen molar-refractivity contribution in [2.45, 2.75) is 65.5 Å². The highest BCUT2D eigenvalue weighted by Crippen LogP contribution is 2.21. The van der Waals surface area contributed by atoms with Gasteiger partial charge in [0, 0.05) is 19.1 Å². The number of rotatable bonds is 9. The third-order valence-electron chi connectivity index (χ3n) is 4.30. The minimum absolute atomic E-state index is 0.372. The van der Waals surface area contributed by atoms with Crippen LogP contribution in [0.15, 0.2) is 0 Å². The van der Waals surface area contributed by atoms with Crippen LogP contribution in [0, 0.1) is 5.92 Å². The van der Waals surface area contributed by atoms with E-state index >= 15 is 0 Å². The molecule has 1 heterocycles. The molecule has 0 bridgehead atoms. The summed E-state index contributed by atoms with van der Waals surface area (Å²) in [6, 6.07) is 0.523. The van der Waals surface area contributed by atoms with Crippen LogP contribution in [0.3, 0.4) is 0 Å². The van der Waals surface area contributed by atoms with Gasteiger partial charge in [-0.25, -0.2) is 0 Å². The Kier molecular flexibility index (Phi) is 8.67. The van der Waals surface area contributed by atoms with Gasteiger partial charge in [-0.15, -0.1) is 0 Å². The minimum atomic E-state index is 0.372. The van der Waals surface area contributed by atoms with E-state index in [9.17, 15) is 0 Å². The fourth-order valence-electron chi connectivity index (χ4n) is 3.18. The molecule has 3 nitrogen and oxygen atoms in total. The second-order valence-electron chi connectivity index (χ2n) is 5.77. The molecule has 0 radical (unpaired) electrons. The van der Waals surface area contributed by atoms with Crippen LogP contribution in [0.2, 0.25) is 0 Å². The fourth-order valence-corrected chi connectivity index (χ4v) is 3.18. The van der Waals surface area contributed by atoms with E-state index in [0.717, 1.165) is 32.2 Å². The first-order valence-electron chi connectivity index (χ1n) is 8.34. The molecular weight excluding hydrogens is 236 g/mol. The Balaban J connectivity index is 2.61. The van der Waals surface area contributed by atoms with Gasteiger partial charge < -0.3 is 10.1 Å². The number of ether oxygens (including phenoxy) is 1. The molecule has 1 fully saturated rings. The number of nitrogens with one attached hydrogen (secondary N) is 1. The van der Waals surface area contributed by atoms with Gasteiger partial charge in [-0.1, -0.05) is 40.5 Å². The molecule has 0 spiro atoms. The average molecular weight is 270 g/mol. The predicted molar refractivity (Wildman–Crippen MR) is 82.6 cm³/mol. The standard InChI is InChI=1S/C16H34N2O/c1-5-9-17-16(14(7-3)8-4)15-13-18(10-6-2)11-12-19-15/h14-17H,5-13H2,1-4H3. The zero-order valence-electron chi connectivity index (χ0n) is 13.5. The highest BCUT2D eigenvalue weighted by Gasteiger charge is 2.31. The lowest BCUT2D eigenvalue weighted by molar-refractivity contribution is -0.0570. The lowest BCUT2D eigenvalue weighted by Crippen LogP contribution is -2.55. The molecule has 0 aliphatic carbocycles. The first kappa shape index (κ1) is 16.9. The summed E-state index contributed by atoms with van der Waals surface area (Å²) in [4.78, 5) is 2.57. The zero-order valence-corrected chi connectivity index (χ0v) is 13.5. The molecule has 0 saturated carbocycles. The molecule has 19 heavy (non-hydrogen) atoms. The summed E-state index contributed by atoms with van der Waals surface area (Å²) in [6.07, 6.45) is 5.29. The van der Waals surface area contributed by atoms with Crippen LogP contribution >= 0.6 is 0 Å². The van der Waals surface area contributed by atoms with Crippen molar-refractivity contribution >= 4 is 0 Å². The summed E-state index contributed by atoms with van der Waals surface area (Å²) in [5.41, 5.74) is 0. The van der Waals surface area contributed by atoms with Crippen molar-refractivity contribution in [2.24, 2.45) is 5.92 Å². The van der Waals surface area contributed by atoms with Gasteiger partial charge in [-0.2, -0.15) is 0 Å². The molecule has 1 aliphatic rings. The summed E-state index contributed by atoms with van der Waals surface area (Å²) < 4.78 is 6.09. The molecule has 114 valence electrons. The summed E-state index contributed by atoms with van der Waals surface area (Å²) >= 11 is 0. The van der Waals surface area contributed by atoms with Gasteiger partial charge in [0.2, 0.25) is 0 Å². The molecular formula is C16H34N2O. The van der Waals surface area contributed by atoms with Crippen molar-refractivity contribution < 1.29 is 4.74 Å². The van der Waals surface area contributed by atoms with Crippen LogP contribution in [-0.4, -0.2) is 49.8 Å². The molecule has 0 aromatic rings. The maximum atomic E-state index is 6.09. The maximum Gasteiger partial charge on any atom is 0.0857 e. The van der Waals surface area contributed by atoms with Gasteiger partial charge in [-0.3, -0.25) is 4.90 Å². The minimum Gasteiger partial charge on any atom is -0.374 e. The van der Waals surface area contributed by atoms with E-state index in [1.165, 1.54) is 32.2 Å². The van der Waals surface area contributed by atoms with Gasteiger partial charge in [0.1, 0.15) is 0 Å². The summed E-state index contributed by atoms with van der Waals surface area (Å²) in [6.45, 7) is 14.5. The molecule has 1 N–H and O–H groups in total. The first-order chi connectivity index (χ1) is 9.26. The van der Waals surface area contributed by atoms with Crippen LogP contribution in [0.4, 0.5) is 0 Å². The quantitative estimate of drug-likeness (QED) is 0.697. The maximum absolute atomic E-state index is 6.09. The highest BCUT2D eigenvalue weighted by atomic mass is 16.5. The lowest BCUT2D eigenvalue weighted by atomic mass is 9.89. The molecule has 2 atom stereocenters. The Labute approximate surface area is 120 Å². The fraction of sp³-hybridized carbons (Fsp3) is 1.00. The molecule has 1 saturated heterocycles. The number of hydrogen-bond donors (Lipinski definition) is 1. The summed E-state index contributed by atoms with van der Waals surface area (Å²) in [5, 5.41) is 3.75. The lowest BCUT2D eigenvalue weighted by Gasteiger charge is -2.40. The predicted octanol–water partition coefficient (Wildman–Crippen LogP) is 2.90. The molecule has 1 rings (SSSR count). The van der Waals surface area contributed by atoms with Crippen molar-refractivity contribution in [3.63, 3.8) is 0 Å². The van der Waals surface area contributed by atoms with Crippen LogP contribution in [-0.2, 0) is 4.74 Å². The molecule has 2 unspecified atom stereocenters. The molecule has 3 heteroatoms. The first-order valence-corrected chi connectivity index (χ1v) is 8.34. The molecule has 0 aromatic carbocycles. The molecule has 1 aliphatic heterocycles. The van der Waals surface area contributed by atoms with E-state index in [0.29, 0.717) is 12.1 Å². The van der Waals surface area contributed by atoms with Crippen molar-refractivity contribution in [2.75, 3.05) is 32.8 Å². The largest absolute Gasteiger partial charge is 0.374 e. The van der Waals surface area contributed by atoms with Crippen molar-refractivity contribution in [1.82, 2.24) is 10.2 Å². The third-order valence-corrected chi connectivity index (χ3v) is 4.30. The monoisotopic (exact) mass is 270 g/mol. The van der Waals surface area contributed by atoms with Gasteiger partial charge >= 0.3 is 0 Å². The van der Waals surface area contributed by atoms with E-state index < -0.39 is 0 Å². The van der Waals surface area contributed by atoms with E-state index in [1.807, 2.05) is 0 Å². The normalized spacial score (nSPS) is 22.9. The summed E-state index contributed by atoms with van der Waals surface area (Å²) in [5.74, 6) is 0.734. The number of hydrogen-bond acceptors (Lipinski definition) is 3. The Hall–Kier alpha value is -0.120. The number of nitrogens with zero attached hydrogens (tertiary/aromatic N) is 1. The Morgan fingerprint density at radius 3 is 2.47 bits per heavy atom. The van der Waals surface area contributed by atoms with Crippen LogP contribution < -0.4 is 5.32 Å². The van der Waals surface area contributed by atoms with Crippen LogP contribution in [0.5, 0.6) is 0 Å². The average Bonchev–Trinajstić information content (AvgIpc) is 2.44. The topological polar surface area (TPSA) is 24.5 Å². The van der Waals surface area contributed by atoms with Gasteiger partial charge in [0.15, 0.2) is 0 Å². The molecule has 0 aromatic heterocycles. The second-order valence-corrected chi connectivity index (χ2v) is 5.77. The number of morpholine rings is 1. The Morgan fingerprint density at radius 1 is 1.16 bits per heavy atom. The van der Waals surface area contributed by atoms with E-state index in [2.05, 4.69) is 37.9 Å².